The molecule has 6 heteroatoms. The topological polar surface area (TPSA) is 78.9 Å². The van der Waals surface area contributed by atoms with E-state index >= 15 is 0 Å². The molecule has 6 nitrogen and oxygen atoms in total. The molecule has 0 rings (SSSR count). The van der Waals surface area contributed by atoms with Crippen molar-refractivity contribution in [3.05, 3.63) is 109 Å². The molecule has 1 unspecified atom stereocenters. The smallest absolute Gasteiger partial charge is 0.309 e. The average molecular weight is 803 g/mol. The third kappa shape index (κ3) is 43.2. The van der Waals surface area contributed by atoms with Crippen molar-refractivity contribution in [3.8, 4) is 0 Å². The van der Waals surface area contributed by atoms with E-state index < -0.39 is 12.1 Å². The van der Waals surface area contributed by atoms with Crippen LogP contribution >= 0.6 is 0 Å². The van der Waals surface area contributed by atoms with Crippen molar-refractivity contribution in [2.75, 3.05) is 13.2 Å². The van der Waals surface area contributed by atoms with E-state index in [2.05, 4.69) is 106 Å². The summed E-state index contributed by atoms with van der Waals surface area (Å²) >= 11 is 0. The van der Waals surface area contributed by atoms with E-state index in [1.807, 2.05) is 18.2 Å². The summed E-state index contributed by atoms with van der Waals surface area (Å²) < 4.78 is 16.5. The molecule has 0 aromatic rings. The molecule has 0 aliphatic carbocycles. The van der Waals surface area contributed by atoms with Crippen LogP contribution in [0.1, 0.15) is 181 Å². The first-order chi connectivity index (χ1) is 28.5. The van der Waals surface area contributed by atoms with Crippen LogP contribution in [0.4, 0.5) is 0 Å². The van der Waals surface area contributed by atoms with Crippen LogP contribution in [0.3, 0.4) is 0 Å². The number of unbranched alkanes of at least 4 members (excludes halogenated alkanes) is 11. The van der Waals surface area contributed by atoms with Gasteiger partial charge in [-0.2, -0.15) is 0 Å². The maximum absolute atomic E-state index is 12.7. The minimum atomic E-state index is -0.845. The number of rotatable bonds is 39. The van der Waals surface area contributed by atoms with Crippen molar-refractivity contribution in [2.24, 2.45) is 0 Å². The van der Waals surface area contributed by atoms with Gasteiger partial charge in [0.2, 0.25) is 0 Å². The minimum Gasteiger partial charge on any atom is -0.462 e. The third-order valence-electron chi connectivity index (χ3n) is 9.04. The number of hydrogen-bond acceptors (Lipinski definition) is 6. The van der Waals surface area contributed by atoms with Crippen LogP contribution in [0, 0.1) is 0 Å². The van der Waals surface area contributed by atoms with Gasteiger partial charge in [-0.3, -0.25) is 14.4 Å². The van der Waals surface area contributed by atoms with E-state index in [9.17, 15) is 14.4 Å². The van der Waals surface area contributed by atoms with Gasteiger partial charge in [0.05, 0.1) is 6.42 Å². The number of esters is 3. The maximum Gasteiger partial charge on any atom is 0.309 e. The van der Waals surface area contributed by atoms with E-state index in [1.165, 1.54) is 64.2 Å². The highest BCUT2D eigenvalue weighted by Crippen LogP contribution is 2.12. The molecule has 0 radical (unpaired) electrons. The zero-order valence-electron chi connectivity index (χ0n) is 37.0. The Balaban J connectivity index is 4.55. The molecule has 0 aromatic carbocycles. The summed E-state index contributed by atoms with van der Waals surface area (Å²) in [5, 5.41) is 0. The lowest BCUT2D eigenvalue weighted by Gasteiger charge is -2.18. The van der Waals surface area contributed by atoms with Crippen LogP contribution in [-0.2, 0) is 28.6 Å². The normalized spacial score (nSPS) is 13.1. The molecule has 0 saturated carbocycles. The molecule has 0 fully saturated rings. The fourth-order valence-corrected chi connectivity index (χ4v) is 5.66. The zero-order valence-corrected chi connectivity index (χ0v) is 37.0. The number of allylic oxidation sites excluding steroid dienone is 17. The van der Waals surface area contributed by atoms with E-state index in [4.69, 9.17) is 14.2 Å². The molecule has 0 heterocycles. The lowest BCUT2D eigenvalue weighted by atomic mass is 10.1. The number of carbonyl (C=O) groups excluding carboxylic acids is 3. The van der Waals surface area contributed by atoms with Gasteiger partial charge in [-0.25, -0.2) is 0 Å². The van der Waals surface area contributed by atoms with Gasteiger partial charge in [-0.05, 0) is 89.9 Å². The molecule has 0 aliphatic rings. The Morgan fingerprint density at radius 1 is 0.379 bits per heavy atom. The molecular weight excluding hydrogens is 721 g/mol. The first-order valence-corrected chi connectivity index (χ1v) is 22.9. The van der Waals surface area contributed by atoms with Crippen molar-refractivity contribution < 1.29 is 28.6 Å². The quantitative estimate of drug-likeness (QED) is 0.0267. The van der Waals surface area contributed by atoms with Crippen LogP contribution in [-0.4, -0.2) is 37.2 Å². The molecule has 0 aliphatic heterocycles. The van der Waals surface area contributed by atoms with Gasteiger partial charge in [0, 0.05) is 12.8 Å². The van der Waals surface area contributed by atoms with Crippen molar-refractivity contribution >= 4 is 17.9 Å². The fraction of sp³-hybridized carbons (Fsp3) is 0.596. The van der Waals surface area contributed by atoms with Crippen LogP contribution in [0.25, 0.3) is 0 Å². The molecule has 326 valence electrons. The lowest BCUT2D eigenvalue weighted by molar-refractivity contribution is -0.166. The predicted octanol–water partition coefficient (Wildman–Crippen LogP) is 14.8. The van der Waals surface area contributed by atoms with Gasteiger partial charge in [-0.1, -0.05) is 182 Å². The van der Waals surface area contributed by atoms with Gasteiger partial charge < -0.3 is 14.2 Å². The van der Waals surface area contributed by atoms with Gasteiger partial charge in [0.15, 0.2) is 6.10 Å². The first-order valence-electron chi connectivity index (χ1n) is 22.9. The SMILES string of the molecule is CC/C=C\C/C=C\C/C=C\C/C=C\C/C=C\CCC(=O)OCC(COC(=O)C/C=C\C/C=C\C/C=C\CC)OC(=O)CCCCCCCCC/C=C\CCCCCC. The zero-order chi connectivity index (χ0) is 42.3. The highest BCUT2D eigenvalue weighted by Gasteiger charge is 2.19. The lowest BCUT2D eigenvalue weighted by Crippen LogP contribution is -2.30. The summed E-state index contributed by atoms with van der Waals surface area (Å²) in [6, 6.07) is 0. The summed E-state index contributed by atoms with van der Waals surface area (Å²) in [5.74, 6) is -1.17. The van der Waals surface area contributed by atoms with Crippen molar-refractivity contribution in [1.82, 2.24) is 0 Å². The van der Waals surface area contributed by atoms with E-state index in [0.717, 1.165) is 70.6 Å². The summed E-state index contributed by atoms with van der Waals surface area (Å²) in [4.78, 5) is 37.6. The van der Waals surface area contributed by atoms with E-state index in [-0.39, 0.29) is 44.4 Å². The van der Waals surface area contributed by atoms with Crippen LogP contribution in [0.5, 0.6) is 0 Å². The molecule has 0 N–H and O–H groups in total. The van der Waals surface area contributed by atoms with Crippen molar-refractivity contribution in [3.63, 3.8) is 0 Å². The van der Waals surface area contributed by atoms with E-state index in [1.54, 1.807) is 6.08 Å². The summed E-state index contributed by atoms with van der Waals surface area (Å²) in [5.41, 5.74) is 0. The average Bonchev–Trinajstić information content (AvgIpc) is 3.22. The molecule has 0 saturated heterocycles. The standard InChI is InChI=1S/C52H82O6/c1-4-7-10-13-16-19-21-23-25-27-28-30-33-36-39-42-45-51(54)57-48-49(47-56-50(53)44-41-38-35-32-18-15-12-9-6-3)58-52(55)46-43-40-37-34-31-29-26-24-22-20-17-14-11-8-5-2/h7,9-10,12,16,18-20,22-23,25,28,30,32,36,38-39,41,49H,4-6,8,11,13-15,17,21,24,26-27,29,31,33-35,37,40,42-48H2,1-3H3/b10-7-,12-9-,19-16-,22-20-,25-23-,30-28-,32-18-,39-36-,41-38-. The molecule has 58 heavy (non-hydrogen) atoms. The highest BCUT2D eigenvalue weighted by atomic mass is 16.6. The Morgan fingerprint density at radius 2 is 0.776 bits per heavy atom. The summed E-state index contributed by atoms with van der Waals surface area (Å²) in [6.07, 6.45) is 61.2. The van der Waals surface area contributed by atoms with Crippen LogP contribution in [0.15, 0.2) is 109 Å². The molecule has 0 bridgehead atoms. The summed E-state index contributed by atoms with van der Waals surface area (Å²) in [7, 11) is 0. The number of ether oxygens (including phenoxy) is 3. The Labute approximate surface area is 355 Å². The molecule has 1 atom stereocenters. The van der Waals surface area contributed by atoms with Crippen LogP contribution in [0.2, 0.25) is 0 Å². The van der Waals surface area contributed by atoms with Gasteiger partial charge in [-0.15, -0.1) is 0 Å². The monoisotopic (exact) mass is 803 g/mol. The summed E-state index contributed by atoms with van der Waals surface area (Å²) in [6.45, 7) is 6.19. The van der Waals surface area contributed by atoms with Crippen molar-refractivity contribution in [2.45, 2.75) is 187 Å². The largest absolute Gasteiger partial charge is 0.462 e. The fourth-order valence-electron chi connectivity index (χ4n) is 5.66. The Bertz CT molecular complexity index is 1240. The minimum absolute atomic E-state index is 0.118. The van der Waals surface area contributed by atoms with E-state index in [0.29, 0.717) is 6.42 Å². The molecule has 0 spiro atoms. The molecular formula is C52H82O6. The number of carbonyl (C=O) groups is 3. The first kappa shape index (κ1) is 54.1. The Morgan fingerprint density at radius 3 is 1.28 bits per heavy atom. The number of hydrogen-bond donors (Lipinski definition) is 0. The Kier molecular flexibility index (Phi) is 42.7. The van der Waals surface area contributed by atoms with Gasteiger partial charge in [0.1, 0.15) is 13.2 Å². The van der Waals surface area contributed by atoms with Gasteiger partial charge in [0.25, 0.3) is 0 Å². The van der Waals surface area contributed by atoms with Gasteiger partial charge >= 0.3 is 17.9 Å². The maximum atomic E-state index is 12.7. The van der Waals surface area contributed by atoms with Crippen molar-refractivity contribution in [1.29, 1.82) is 0 Å². The molecule has 0 amide bonds. The predicted molar refractivity (Wildman–Crippen MR) is 247 cm³/mol. The molecule has 0 aromatic heterocycles. The third-order valence-corrected chi connectivity index (χ3v) is 9.04. The second-order valence-corrected chi connectivity index (χ2v) is 14.6. The Hall–Kier alpha value is -3.93. The second-order valence-electron chi connectivity index (χ2n) is 14.6. The van der Waals surface area contributed by atoms with Crippen LogP contribution < -0.4 is 0 Å². The highest BCUT2D eigenvalue weighted by molar-refractivity contribution is 5.72. The second kappa shape index (κ2) is 45.8.